The molecule has 2 saturated heterocycles. The molecule has 1 amide bonds. The number of carbonyl (C=O) groups excluding carboxylic acids is 2. The minimum atomic E-state index is -1.06. The lowest BCUT2D eigenvalue weighted by Crippen LogP contribution is -2.62. The van der Waals surface area contributed by atoms with E-state index in [9.17, 15) is 9.59 Å². The monoisotopic (exact) mass is 486 g/mol. The zero-order valence-corrected chi connectivity index (χ0v) is 20.2. The number of piperidine rings is 1. The molecule has 36 heavy (non-hydrogen) atoms. The highest BCUT2D eigenvalue weighted by atomic mass is 16.6. The predicted molar refractivity (Wildman–Crippen MR) is 133 cm³/mol. The summed E-state index contributed by atoms with van der Waals surface area (Å²) in [6, 6.07) is 28.0. The van der Waals surface area contributed by atoms with Crippen LogP contribution in [0.3, 0.4) is 0 Å². The maximum atomic E-state index is 13.9. The Morgan fingerprint density at radius 2 is 1.53 bits per heavy atom. The number of rotatable bonds is 8. The highest BCUT2D eigenvalue weighted by Crippen LogP contribution is 2.43. The van der Waals surface area contributed by atoms with E-state index in [0.29, 0.717) is 19.6 Å². The van der Waals surface area contributed by atoms with Gasteiger partial charge in [-0.05, 0) is 24.5 Å². The molecule has 0 unspecified atom stereocenters. The molecule has 2 heterocycles. The number of benzene rings is 3. The third-order valence-electron chi connectivity index (χ3n) is 6.92. The van der Waals surface area contributed by atoms with Gasteiger partial charge >= 0.3 is 5.97 Å². The number of hydroxylamine groups is 1. The van der Waals surface area contributed by atoms with Crippen LogP contribution in [0, 0.1) is 5.92 Å². The SMILES string of the molecule is C[C@@]1(c2ccccc2)OC[C@@H]2C[C@H](NOCc3ccccc3)[C@@H](C(=O)OCc3ccccc3)C(=O)N21. The molecule has 3 aromatic carbocycles. The second-order valence-electron chi connectivity index (χ2n) is 9.33. The highest BCUT2D eigenvalue weighted by Gasteiger charge is 2.57. The topological polar surface area (TPSA) is 77.1 Å². The van der Waals surface area contributed by atoms with E-state index >= 15 is 0 Å². The maximum absolute atomic E-state index is 13.9. The van der Waals surface area contributed by atoms with Crippen molar-refractivity contribution in [3.05, 3.63) is 108 Å². The van der Waals surface area contributed by atoms with Crippen LogP contribution in [0.15, 0.2) is 91.0 Å². The van der Waals surface area contributed by atoms with Gasteiger partial charge in [-0.25, -0.2) is 0 Å². The van der Waals surface area contributed by atoms with E-state index in [1.54, 1.807) is 4.90 Å². The minimum absolute atomic E-state index is 0.0942. The van der Waals surface area contributed by atoms with Crippen molar-refractivity contribution in [3.8, 4) is 0 Å². The van der Waals surface area contributed by atoms with E-state index in [1.165, 1.54) is 0 Å². The lowest BCUT2D eigenvalue weighted by atomic mass is 9.86. The highest BCUT2D eigenvalue weighted by molar-refractivity contribution is 6.00. The Kier molecular flexibility index (Phi) is 7.13. The van der Waals surface area contributed by atoms with Crippen LogP contribution in [0.2, 0.25) is 0 Å². The van der Waals surface area contributed by atoms with Crippen LogP contribution in [0.25, 0.3) is 0 Å². The summed E-state index contributed by atoms with van der Waals surface area (Å²) in [5.41, 5.74) is 4.75. The summed E-state index contributed by atoms with van der Waals surface area (Å²) >= 11 is 0. The molecule has 1 N–H and O–H groups in total. The summed E-state index contributed by atoms with van der Waals surface area (Å²) in [7, 11) is 0. The Morgan fingerprint density at radius 3 is 2.17 bits per heavy atom. The van der Waals surface area contributed by atoms with Crippen molar-refractivity contribution in [1.82, 2.24) is 10.4 Å². The Balaban J connectivity index is 1.36. The molecule has 2 aliphatic heterocycles. The Bertz CT molecular complexity index is 1170. The lowest BCUT2D eigenvalue weighted by molar-refractivity contribution is -0.175. The number of esters is 1. The van der Waals surface area contributed by atoms with Crippen molar-refractivity contribution in [3.63, 3.8) is 0 Å². The van der Waals surface area contributed by atoms with Crippen LogP contribution in [0.4, 0.5) is 0 Å². The molecule has 0 spiro atoms. The summed E-state index contributed by atoms with van der Waals surface area (Å²) in [5.74, 6) is -1.97. The van der Waals surface area contributed by atoms with E-state index in [1.807, 2.05) is 97.9 Å². The Morgan fingerprint density at radius 1 is 0.944 bits per heavy atom. The molecule has 0 radical (unpaired) electrons. The fraction of sp³-hybridized carbons (Fsp3) is 0.310. The molecule has 0 aliphatic carbocycles. The van der Waals surface area contributed by atoms with E-state index in [2.05, 4.69) is 5.48 Å². The zero-order valence-electron chi connectivity index (χ0n) is 20.2. The summed E-state index contributed by atoms with van der Waals surface area (Å²) in [6.45, 7) is 2.66. The van der Waals surface area contributed by atoms with Gasteiger partial charge in [0.15, 0.2) is 11.6 Å². The molecule has 2 aliphatic rings. The summed E-state index contributed by atoms with van der Waals surface area (Å²) in [5, 5.41) is 0. The fourth-order valence-electron chi connectivity index (χ4n) is 5.04. The third kappa shape index (κ3) is 4.91. The average Bonchev–Trinajstić information content (AvgIpc) is 3.27. The quantitative estimate of drug-likeness (QED) is 0.295. The number of ether oxygens (including phenoxy) is 2. The van der Waals surface area contributed by atoms with Crippen LogP contribution in [-0.4, -0.2) is 35.5 Å². The second-order valence-corrected chi connectivity index (χ2v) is 9.33. The molecule has 186 valence electrons. The van der Waals surface area contributed by atoms with Gasteiger partial charge in [0.25, 0.3) is 0 Å². The molecular formula is C29H30N2O5. The first-order valence-electron chi connectivity index (χ1n) is 12.2. The number of fused-ring (bicyclic) bond motifs is 1. The van der Waals surface area contributed by atoms with Gasteiger partial charge in [0, 0.05) is 5.56 Å². The van der Waals surface area contributed by atoms with Crippen molar-refractivity contribution in [2.45, 2.75) is 44.4 Å². The van der Waals surface area contributed by atoms with Gasteiger partial charge < -0.3 is 14.4 Å². The summed E-state index contributed by atoms with van der Waals surface area (Å²) < 4.78 is 11.8. The molecule has 0 aromatic heterocycles. The Labute approximate surface area is 210 Å². The number of carbonyl (C=O) groups is 2. The number of amides is 1. The van der Waals surface area contributed by atoms with Crippen molar-refractivity contribution in [2.75, 3.05) is 6.61 Å². The standard InChI is InChI=1S/C29H30N2O5/c1-29(23-15-9-4-10-16-23)31-24(20-35-29)17-25(30-36-19-22-13-7-3-8-14-22)26(27(31)32)28(33)34-18-21-11-5-2-6-12-21/h2-16,24-26,30H,17-20H2,1H3/t24-,25-,26+,29-/m0/s1. The molecule has 4 atom stereocenters. The Hall–Kier alpha value is -3.52. The van der Waals surface area contributed by atoms with E-state index in [4.69, 9.17) is 14.3 Å². The largest absolute Gasteiger partial charge is 0.460 e. The van der Waals surface area contributed by atoms with Gasteiger partial charge in [0.2, 0.25) is 5.91 Å². The van der Waals surface area contributed by atoms with Gasteiger partial charge in [0.05, 0.1) is 25.3 Å². The van der Waals surface area contributed by atoms with Gasteiger partial charge in [-0.15, -0.1) is 0 Å². The van der Waals surface area contributed by atoms with E-state index < -0.39 is 23.7 Å². The van der Waals surface area contributed by atoms with Crippen LogP contribution in [0.5, 0.6) is 0 Å². The lowest BCUT2D eigenvalue weighted by Gasteiger charge is -2.44. The summed E-state index contributed by atoms with van der Waals surface area (Å²) in [4.78, 5) is 34.8. The van der Waals surface area contributed by atoms with E-state index in [0.717, 1.165) is 16.7 Å². The second kappa shape index (κ2) is 10.6. The molecule has 7 nitrogen and oxygen atoms in total. The number of nitrogens with one attached hydrogen (secondary N) is 1. The maximum Gasteiger partial charge on any atom is 0.320 e. The smallest absolute Gasteiger partial charge is 0.320 e. The normalized spacial score (nSPS) is 25.4. The van der Waals surface area contributed by atoms with Gasteiger partial charge in [-0.1, -0.05) is 91.0 Å². The van der Waals surface area contributed by atoms with Crippen LogP contribution in [-0.2, 0) is 42.8 Å². The van der Waals surface area contributed by atoms with Crippen LogP contribution >= 0.6 is 0 Å². The molecule has 0 bridgehead atoms. The predicted octanol–water partition coefficient (Wildman–Crippen LogP) is 3.94. The van der Waals surface area contributed by atoms with Crippen molar-refractivity contribution < 1.29 is 23.9 Å². The van der Waals surface area contributed by atoms with Gasteiger partial charge in [0.1, 0.15) is 6.61 Å². The molecule has 0 saturated carbocycles. The number of hydrogen-bond donors (Lipinski definition) is 1. The number of nitrogens with zero attached hydrogens (tertiary/aromatic N) is 1. The number of hydrogen-bond acceptors (Lipinski definition) is 6. The molecule has 5 rings (SSSR count). The zero-order chi connectivity index (χ0) is 25.0. The van der Waals surface area contributed by atoms with E-state index in [-0.39, 0.29) is 18.6 Å². The minimum Gasteiger partial charge on any atom is -0.460 e. The van der Waals surface area contributed by atoms with Gasteiger partial charge in [-0.3, -0.25) is 14.4 Å². The first-order valence-corrected chi connectivity index (χ1v) is 12.2. The van der Waals surface area contributed by atoms with Crippen LogP contribution < -0.4 is 5.48 Å². The summed E-state index contributed by atoms with van der Waals surface area (Å²) in [6.07, 6.45) is 0.494. The molecule has 2 fully saturated rings. The van der Waals surface area contributed by atoms with Gasteiger partial charge in [-0.2, -0.15) is 5.48 Å². The first-order chi connectivity index (χ1) is 17.6. The van der Waals surface area contributed by atoms with Crippen molar-refractivity contribution >= 4 is 11.9 Å². The fourth-order valence-corrected chi connectivity index (χ4v) is 5.04. The first kappa shape index (κ1) is 24.2. The third-order valence-corrected chi connectivity index (χ3v) is 6.92. The molecular weight excluding hydrogens is 456 g/mol. The molecule has 3 aromatic rings. The van der Waals surface area contributed by atoms with Crippen molar-refractivity contribution in [2.24, 2.45) is 5.92 Å². The van der Waals surface area contributed by atoms with Crippen molar-refractivity contribution in [1.29, 1.82) is 0 Å². The molecule has 7 heteroatoms. The van der Waals surface area contributed by atoms with Crippen LogP contribution in [0.1, 0.15) is 30.0 Å². The average molecular weight is 487 g/mol.